The van der Waals surface area contributed by atoms with Crippen LogP contribution in [-0.2, 0) is 4.79 Å². The van der Waals surface area contributed by atoms with E-state index in [0.29, 0.717) is 0 Å². The highest BCUT2D eigenvalue weighted by Gasteiger charge is 2.11. The van der Waals surface area contributed by atoms with E-state index in [1.165, 1.54) is 0 Å². The smallest absolute Gasteiger partial charge is 0.303 e. The minimum atomic E-state index is -0.772. The van der Waals surface area contributed by atoms with Gasteiger partial charge >= 0.3 is 5.97 Å². The van der Waals surface area contributed by atoms with Gasteiger partial charge in [0.25, 0.3) is 0 Å². The van der Waals surface area contributed by atoms with Crippen LogP contribution < -0.4 is 4.74 Å². The Balaban J connectivity index is 2.26. The van der Waals surface area contributed by atoms with Crippen LogP contribution in [0.25, 0.3) is 11.1 Å². The Kier molecular flexibility index (Phi) is 4.41. The zero-order valence-corrected chi connectivity index (χ0v) is 11.7. The summed E-state index contributed by atoms with van der Waals surface area (Å²) in [6, 6.07) is 15.8. The molecule has 0 bridgehead atoms. The molecule has 20 heavy (non-hydrogen) atoms. The minimum Gasteiger partial charge on any atom is -0.496 e. The van der Waals surface area contributed by atoms with Crippen molar-refractivity contribution in [2.45, 2.75) is 19.3 Å². The van der Waals surface area contributed by atoms with E-state index in [9.17, 15) is 4.79 Å². The monoisotopic (exact) mass is 270 g/mol. The number of methoxy groups -OCH3 is 1. The van der Waals surface area contributed by atoms with Crippen molar-refractivity contribution in [3.05, 3.63) is 54.1 Å². The molecular formula is C17H18O3. The molecule has 3 heteroatoms. The number of ether oxygens (including phenoxy) is 1. The molecule has 1 unspecified atom stereocenters. The van der Waals surface area contributed by atoms with Gasteiger partial charge in [-0.25, -0.2) is 0 Å². The molecule has 0 aliphatic carbocycles. The van der Waals surface area contributed by atoms with Crippen LogP contribution in [0.5, 0.6) is 5.75 Å². The van der Waals surface area contributed by atoms with E-state index in [4.69, 9.17) is 9.84 Å². The summed E-state index contributed by atoms with van der Waals surface area (Å²) in [5, 5.41) is 8.83. The highest BCUT2D eigenvalue weighted by Crippen LogP contribution is 2.30. The van der Waals surface area contributed by atoms with E-state index in [-0.39, 0.29) is 12.3 Å². The summed E-state index contributed by atoms with van der Waals surface area (Å²) in [6.07, 6.45) is 0.147. The first-order valence-corrected chi connectivity index (χ1v) is 6.57. The Morgan fingerprint density at radius 1 is 1.15 bits per heavy atom. The molecule has 0 heterocycles. The third-order valence-corrected chi connectivity index (χ3v) is 3.38. The summed E-state index contributed by atoms with van der Waals surface area (Å²) in [5.41, 5.74) is 3.13. The highest BCUT2D eigenvalue weighted by molar-refractivity contribution is 5.71. The molecule has 0 radical (unpaired) electrons. The lowest BCUT2D eigenvalue weighted by atomic mass is 9.95. The fraction of sp³-hybridized carbons (Fsp3) is 0.235. The molecular weight excluding hydrogens is 252 g/mol. The number of benzene rings is 2. The SMILES string of the molecule is COc1ccccc1-c1ccc(C(C)CC(=O)O)cc1. The molecule has 0 spiro atoms. The molecule has 0 amide bonds. The van der Waals surface area contributed by atoms with Gasteiger partial charge in [-0.2, -0.15) is 0 Å². The number of aliphatic carboxylic acids is 1. The molecule has 2 aromatic carbocycles. The lowest BCUT2D eigenvalue weighted by Crippen LogP contribution is -2.02. The van der Waals surface area contributed by atoms with Crippen LogP contribution in [0.1, 0.15) is 24.8 Å². The van der Waals surface area contributed by atoms with Crippen molar-refractivity contribution in [3.8, 4) is 16.9 Å². The molecule has 1 atom stereocenters. The van der Waals surface area contributed by atoms with Crippen molar-refractivity contribution in [2.75, 3.05) is 7.11 Å². The van der Waals surface area contributed by atoms with Gasteiger partial charge in [0.2, 0.25) is 0 Å². The molecule has 0 fully saturated rings. The lowest BCUT2D eigenvalue weighted by Gasteiger charge is -2.12. The zero-order valence-electron chi connectivity index (χ0n) is 11.7. The Labute approximate surface area is 118 Å². The molecule has 0 aliphatic heterocycles. The van der Waals surface area contributed by atoms with Crippen molar-refractivity contribution in [1.29, 1.82) is 0 Å². The predicted octanol–water partition coefficient (Wildman–Crippen LogP) is 3.94. The van der Waals surface area contributed by atoms with Crippen LogP contribution in [0, 0.1) is 0 Å². The molecule has 0 saturated carbocycles. The molecule has 0 aliphatic rings. The van der Waals surface area contributed by atoms with Gasteiger partial charge < -0.3 is 9.84 Å². The van der Waals surface area contributed by atoms with E-state index in [1.807, 2.05) is 55.5 Å². The van der Waals surface area contributed by atoms with Crippen LogP contribution in [0.4, 0.5) is 0 Å². The van der Waals surface area contributed by atoms with E-state index >= 15 is 0 Å². The fourth-order valence-electron chi connectivity index (χ4n) is 2.25. The van der Waals surface area contributed by atoms with Gasteiger partial charge in [-0.1, -0.05) is 49.4 Å². The maximum Gasteiger partial charge on any atom is 0.303 e. The van der Waals surface area contributed by atoms with Gasteiger partial charge in [-0.15, -0.1) is 0 Å². The summed E-state index contributed by atoms with van der Waals surface area (Å²) >= 11 is 0. The predicted molar refractivity (Wildman–Crippen MR) is 79.1 cm³/mol. The molecule has 2 aromatic rings. The van der Waals surface area contributed by atoms with Crippen molar-refractivity contribution >= 4 is 5.97 Å². The second kappa shape index (κ2) is 6.24. The first-order valence-electron chi connectivity index (χ1n) is 6.57. The summed E-state index contributed by atoms with van der Waals surface area (Å²) in [5.74, 6) is 0.0735. The van der Waals surface area contributed by atoms with E-state index < -0.39 is 5.97 Å². The van der Waals surface area contributed by atoms with Crippen molar-refractivity contribution in [1.82, 2.24) is 0 Å². The summed E-state index contributed by atoms with van der Waals surface area (Å²) < 4.78 is 5.35. The summed E-state index contributed by atoms with van der Waals surface area (Å²) in [4.78, 5) is 10.7. The van der Waals surface area contributed by atoms with Crippen molar-refractivity contribution in [3.63, 3.8) is 0 Å². The third kappa shape index (κ3) is 3.18. The van der Waals surface area contributed by atoms with Gasteiger partial charge in [0, 0.05) is 5.56 Å². The quantitative estimate of drug-likeness (QED) is 0.895. The molecule has 0 saturated heterocycles. The van der Waals surface area contributed by atoms with Crippen LogP contribution in [-0.4, -0.2) is 18.2 Å². The Morgan fingerprint density at radius 2 is 1.80 bits per heavy atom. The van der Waals surface area contributed by atoms with Crippen LogP contribution in [0.3, 0.4) is 0 Å². The molecule has 104 valence electrons. The maximum atomic E-state index is 10.7. The summed E-state index contributed by atoms with van der Waals surface area (Å²) in [7, 11) is 1.65. The second-order valence-corrected chi connectivity index (χ2v) is 4.82. The number of hydrogen-bond acceptors (Lipinski definition) is 2. The number of carboxylic acid groups (broad SMARTS) is 1. The Bertz CT molecular complexity index is 587. The number of rotatable bonds is 5. The van der Waals surface area contributed by atoms with Gasteiger partial charge in [-0.3, -0.25) is 4.79 Å². The molecule has 3 nitrogen and oxygen atoms in total. The molecule has 2 rings (SSSR count). The molecule has 0 aromatic heterocycles. The third-order valence-electron chi connectivity index (χ3n) is 3.38. The van der Waals surface area contributed by atoms with E-state index in [1.54, 1.807) is 7.11 Å². The average molecular weight is 270 g/mol. The van der Waals surface area contributed by atoms with Crippen LogP contribution in [0.2, 0.25) is 0 Å². The average Bonchev–Trinajstić information content (AvgIpc) is 2.46. The Morgan fingerprint density at radius 3 is 2.40 bits per heavy atom. The standard InChI is InChI=1S/C17H18O3/c1-12(11-17(18)19)13-7-9-14(10-8-13)15-5-3-4-6-16(15)20-2/h3-10,12H,11H2,1-2H3,(H,18,19). The second-order valence-electron chi connectivity index (χ2n) is 4.82. The zero-order chi connectivity index (χ0) is 14.5. The maximum absolute atomic E-state index is 10.7. The van der Waals surface area contributed by atoms with Gasteiger partial charge in [0.1, 0.15) is 5.75 Å². The van der Waals surface area contributed by atoms with E-state index in [0.717, 1.165) is 22.4 Å². The highest BCUT2D eigenvalue weighted by atomic mass is 16.5. The number of para-hydroxylation sites is 1. The van der Waals surface area contributed by atoms with E-state index in [2.05, 4.69) is 0 Å². The molecule has 1 N–H and O–H groups in total. The van der Waals surface area contributed by atoms with Gasteiger partial charge in [-0.05, 0) is 23.1 Å². The first-order chi connectivity index (χ1) is 9.61. The van der Waals surface area contributed by atoms with Crippen molar-refractivity contribution < 1.29 is 14.6 Å². The number of hydrogen-bond donors (Lipinski definition) is 1. The largest absolute Gasteiger partial charge is 0.496 e. The van der Waals surface area contributed by atoms with Crippen LogP contribution in [0.15, 0.2) is 48.5 Å². The topological polar surface area (TPSA) is 46.5 Å². The number of carboxylic acids is 1. The summed E-state index contributed by atoms with van der Waals surface area (Å²) in [6.45, 7) is 1.92. The van der Waals surface area contributed by atoms with Gasteiger partial charge in [0.05, 0.1) is 13.5 Å². The number of carbonyl (C=O) groups is 1. The first kappa shape index (κ1) is 14.1. The fourth-order valence-corrected chi connectivity index (χ4v) is 2.25. The lowest BCUT2D eigenvalue weighted by molar-refractivity contribution is -0.137. The normalized spacial score (nSPS) is 11.9. The van der Waals surface area contributed by atoms with Crippen LogP contribution >= 0.6 is 0 Å². The van der Waals surface area contributed by atoms with Gasteiger partial charge in [0.15, 0.2) is 0 Å². The Hall–Kier alpha value is -2.29. The van der Waals surface area contributed by atoms with Crippen molar-refractivity contribution in [2.24, 2.45) is 0 Å². The minimum absolute atomic E-state index is 0.0132.